The Morgan fingerprint density at radius 2 is 2.28 bits per heavy atom. The topological polar surface area (TPSA) is 130 Å². The monoisotopic (exact) mass is 387 g/mol. The van der Waals surface area contributed by atoms with E-state index < -0.39 is 18.1 Å². The number of nitrogens with two attached hydrogens (primary N) is 1. The first-order valence-electron chi connectivity index (χ1n) is 7.86. The van der Waals surface area contributed by atoms with Crippen LogP contribution in [0.4, 0.5) is 0 Å². The Labute approximate surface area is 153 Å². The van der Waals surface area contributed by atoms with Gasteiger partial charge in [0.1, 0.15) is 17.5 Å². The third-order valence-corrected chi connectivity index (χ3v) is 6.91. The highest BCUT2D eigenvalue weighted by Crippen LogP contribution is 2.41. The summed E-state index contributed by atoms with van der Waals surface area (Å²) >= 11 is 2.97. The average Bonchev–Trinajstić information content (AvgIpc) is 3.03. The highest BCUT2D eigenvalue weighted by molar-refractivity contribution is 8.00. The number of tetrazole rings is 1. The van der Waals surface area contributed by atoms with Gasteiger partial charge in [-0.3, -0.25) is 4.79 Å². The summed E-state index contributed by atoms with van der Waals surface area (Å²) in [6.07, 6.45) is 0. The van der Waals surface area contributed by atoms with Crippen LogP contribution in [-0.2, 0) is 16.1 Å². The van der Waals surface area contributed by atoms with Gasteiger partial charge in [-0.25, -0.2) is 9.48 Å². The van der Waals surface area contributed by atoms with Crippen LogP contribution in [0.15, 0.2) is 5.16 Å². The quantitative estimate of drug-likeness (QED) is 0.427. The van der Waals surface area contributed by atoms with E-state index in [1.807, 2.05) is 19.0 Å². The Bertz CT molecular complexity index is 655. The third-order valence-electron chi connectivity index (χ3n) is 4.29. The molecule has 25 heavy (non-hydrogen) atoms. The molecule has 3 rings (SSSR count). The Morgan fingerprint density at radius 3 is 2.96 bits per heavy atom. The number of carboxylic acids is 1. The zero-order valence-electron chi connectivity index (χ0n) is 14.0. The van der Waals surface area contributed by atoms with E-state index in [0.717, 1.165) is 6.54 Å². The van der Waals surface area contributed by atoms with Crippen molar-refractivity contribution >= 4 is 35.4 Å². The van der Waals surface area contributed by atoms with E-state index in [1.54, 1.807) is 16.4 Å². The van der Waals surface area contributed by atoms with Crippen molar-refractivity contribution in [1.29, 1.82) is 0 Å². The lowest BCUT2D eigenvalue weighted by atomic mass is 9.95. The first kappa shape index (κ1) is 18.4. The van der Waals surface area contributed by atoms with Gasteiger partial charge in [-0.15, -0.1) is 16.9 Å². The molecule has 0 unspecified atom stereocenters. The van der Waals surface area contributed by atoms with Gasteiger partial charge in [0.15, 0.2) is 0 Å². The van der Waals surface area contributed by atoms with Crippen LogP contribution < -0.4 is 5.73 Å². The number of aromatic nitrogens is 4. The van der Waals surface area contributed by atoms with E-state index in [4.69, 9.17) is 5.73 Å². The summed E-state index contributed by atoms with van der Waals surface area (Å²) in [4.78, 5) is 27.1. The van der Waals surface area contributed by atoms with Gasteiger partial charge in [0.25, 0.3) is 0 Å². The number of fused-ring (bicyclic) bond motifs is 1. The Balaban J connectivity index is 1.64. The summed E-state index contributed by atoms with van der Waals surface area (Å²) in [5, 5.41) is 21.7. The average molecular weight is 387 g/mol. The number of amides is 1. The van der Waals surface area contributed by atoms with Gasteiger partial charge in [0.05, 0.1) is 6.54 Å². The van der Waals surface area contributed by atoms with Crippen molar-refractivity contribution in [1.82, 2.24) is 30.0 Å². The van der Waals surface area contributed by atoms with Gasteiger partial charge >= 0.3 is 5.97 Å². The van der Waals surface area contributed by atoms with Crippen molar-refractivity contribution in [2.24, 2.45) is 11.7 Å². The van der Waals surface area contributed by atoms with E-state index >= 15 is 0 Å². The van der Waals surface area contributed by atoms with Gasteiger partial charge in [-0.05, 0) is 24.5 Å². The molecule has 3 heterocycles. The van der Waals surface area contributed by atoms with Crippen molar-refractivity contribution in [2.45, 2.75) is 29.2 Å². The molecule has 138 valence electrons. The number of thioether (sulfide) groups is 2. The van der Waals surface area contributed by atoms with E-state index in [2.05, 4.69) is 15.5 Å². The summed E-state index contributed by atoms with van der Waals surface area (Å²) < 4.78 is 1.71. The molecule has 2 aliphatic rings. The standard InChI is InChI=1S/C13H21N7O3S2/c1-18(2)3-4-19-13(15-16-17-19)25-6-7-5-24-11-8(14)10(21)20(11)9(7)12(22)23/h7-9,11H,3-6,14H2,1-2H3,(H,22,23)/t7-,8+,9-,11+/m0/s1. The van der Waals surface area contributed by atoms with Crippen LogP contribution in [0.25, 0.3) is 0 Å². The van der Waals surface area contributed by atoms with Crippen LogP contribution in [0.2, 0.25) is 0 Å². The van der Waals surface area contributed by atoms with Crippen LogP contribution in [0.3, 0.4) is 0 Å². The molecule has 2 aliphatic heterocycles. The molecule has 0 saturated carbocycles. The predicted octanol–water partition coefficient (Wildman–Crippen LogP) is -1.36. The van der Waals surface area contributed by atoms with E-state index in [1.165, 1.54) is 16.7 Å². The fourth-order valence-electron chi connectivity index (χ4n) is 2.91. The lowest BCUT2D eigenvalue weighted by Gasteiger charge is -2.53. The number of rotatable bonds is 7. The van der Waals surface area contributed by atoms with Gasteiger partial charge in [-0.2, -0.15) is 0 Å². The van der Waals surface area contributed by atoms with Crippen LogP contribution in [0, 0.1) is 5.92 Å². The fourth-order valence-corrected chi connectivity index (χ4v) is 5.55. The van der Waals surface area contributed by atoms with E-state index in [0.29, 0.717) is 23.2 Å². The summed E-state index contributed by atoms with van der Waals surface area (Å²) in [6, 6.07) is -1.42. The molecular weight excluding hydrogens is 366 g/mol. The Kier molecular flexibility index (Phi) is 5.51. The summed E-state index contributed by atoms with van der Waals surface area (Å²) in [5.41, 5.74) is 5.77. The molecule has 0 radical (unpaired) electrons. The molecule has 12 heteroatoms. The number of carbonyl (C=O) groups is 2. The fraction of sp³-hybridized carbons (Fsp3) is 0.769. The maximum Gasteiger partial charge on any atom is 0.326 e. The number of carbonyl (C=O) groups excluding carboxylic acids is 1. The molecular formula is C13H21N7O3S2. The SMILES string of the molecule is CN(C)CCn1nnnc1SC[C@@H]1CS[C@@H]2[C@H](N)C(=O)N2[C@@H]1C(=O)O. The lowest BCUT2D eigenvalue weighted by Crippen LogP contribution is -2.74. The maximum absolute atomic E-state index is 12.0. The molecule has 0 bridgehead atoms. The summed E-state index contributed by atoms with van der Waals surface area (Å²) in [5.74, 6) is -0.276. The Morgan fingerprint density at radius 1 is 1.52 bits per heavy atom. The van der Waals surface area contributed by atoms with Crippen LogP contribution >= 0.6 is 23.5 Å². The Hall–Kier alpha value is -1.37. The van der Waals surface area contributed by atoms with Gasteiger partial charge in [-0.1, -0.05) is 11.8 Å². The molecule has 1 aromatic rings. The second kappa shape index (κ2) is 7.48. The van der Waals surface area contributed by atoms with Crippen LogP contribution in [0.5, 0.6) is 0 Å². The molecule has 1 aromatic heterocycles. The van der Waals surface area contributed by atoms with Gasteiger partial charge in [0.2, 0.25) is 11.1 Å². The van der Waals surface area contributed by atoms with Crippen molar-refractivity contribution in [3.63, 3.8) is 0 Å². The van der Waals surface area contributed by atoms with Crippen molar-refractivity contribution < 1.29 is 14.7 Å². The summed E-state index contributed by atoms with van der Waals surface area (Å²) in [6.45, 7) is 1.46. The maximum atomic E-state index is 12.0. The normalized spacial score (nSPS) is 28.8. The van der Waals surface area contributed by atoms with Crippen molar-refractivity contribution in [3.8, 4) is 0 Å². The minimum absolute atomic E-state index is 0.181. The van der Waals surface area contributed by atoms with Crippen LogP contribution in [0.1, 0.15) is 0 Å². The first-order valence-corrected chi connectivity index (χ1v) is 9.89. The zero-order chi connectivity index (χ0) is 18.1. The minimum Gasteiger partial charge on any atom is -0.480 e. The number of β-lactam (4-membered cyclic amide) rings is 1. The zero-order valence-corrected chi connectivity index (χ0v) is 15.6. The molecule has 2 saturated heterocycles. The second-order valence-electron chi connectivity index (χ2n) is 6.34. The van der Waals surface area contributed by atoms with Crippen LogP contribution in [-0.4, -0.2) is 96.6 Å². The number of carboxylic acid groups (broad SMARTS) is 1. The first-order chi connectivity index (χ1) is 11.9. The number of hydrogen-bond acceptors (Lipinski definition) is 9. The molecule has 4 atom stereocenters. The van der Waals surface area contributed by atoms with Crippen molar-refractivity contribution in [2.75, 3.05) is 32.1 Å². The molecule has 2 fully saturated rings. The highest BCUT2D eigenvalue weighted by Gasteiger charge is 2.55. The molecule has 10 nitrogen and oxygen atoms in total. The molecule has 1 amide bonds. The largest absolute Gasteiger partial charge is 0.480 e. The van der Waals surface area contributed by atoms with Crippen molar-refractivity contribution in [3.05, 3.63) is 0 Å². The molecule has 3 N–H and O–H groups in total. The van der Waals surface area contributed by atoms with Gasteiger partial charge in [0, 0.05) is 24.0 Å². The second-order valence-corrected chi connectivity index (χ2v) is 8.47. The number of hydrogen-bond donors (Lipinski definition) is 2. The minimum atomic E-state index is -0.983. The number of likely N-dealkylation sites (N-methyl/N-ethyl adjacent to an activating group) is 1. The van der Waals surface area contributed by atoms with E-state index in [-0.39, 0.29) is 17.2 Å². The molecule has 0 spiro atoms. The lowest BCUT2D eigenvalue weighted by molar-refractivity contribution is -0.162. The van der Waals surface area contributed by atoms with E-state index in [9.17, 15) is 14.7 Å². The van der Waals surface area contributed by atoms with Gasteiger partial charge < -0.3 is 20.6 Å². The predicted molar refractivity (Wildman–Crippen MR) is 93.1 cm³/mol. The summed E-state index contributed by atoms with van der Waals surface area (Å²) in [7, 11) is 3.94. The smallest absolute Gasteiger partial charge is 0.326 e. The number of nitrogens with zero attached hydrogens (tertiary/aromatic N) is 6. The molecule has 0 aromatic carbocycles. The molecule has 0 aliphatic carbocycles. The number of aliphatic carboxylic acids is 1. The third kappa shape index (κ3) is 3.61. The highest BCUT2D eigenvalue weighted by atomic mass is 32.2.